The summed E-state index contributed by atoms with van der Waals surface area (Å²) in [6.07, 6.45) is 3.24. The van der Waals surface area contributed by atoms with Gasteiger partial charge >= 0.3 is 0 Å². The van der Waals surface area contributed by atoms with Crippen LogP contribution in [-0.2, 0) is 0 Å². The Morgan fingerprint density at radius 2 is 2.08 bits per heavy atom. The Hall–Kier alpha value is -2.10. The second kappa shape index (κ2) is 6.42. The van der Waals surface area contributed by atoms with Crippen molar-refractivity contribution in [3.63, 3.8) is 0 Å². The van der Waals surface area contributed by atoms with E-state index in [1.54, 1.807) is 6.07 Å². The maximum Gasteiger partial charge on any atom is 0.273 e. The van der Waals surface area contributed by atoms with Gasteiger partial charge in [-0.2, -0.15) is 0 Å². The number of hydrogen-bond donors (Lipinski definition) is 1. The standard InChI is InChI=1S/C20H26N2O2/c1-13-6-5-7-15(8-13)18-10-17(22-24-18)19(23)21-16-9-14(2)11-20(3,4)12-16/h5-8,10,14,16H,9,11-12H2,1-4H3,(H,21,23)/t14-,16+/m0/s1. The number of aryl methyl sites for hydroxylation is 1. The third-order valence-corrected chi connectivity index (χ3v) is 4.77. The zero-order chi connectivity index (χ0) is 17.3. The molecule has 1 aliphatic rings. The molecule has 2 atom stereocenters. The van der Waals surface area contributed by atoms with Gasteiger partial charge in [0.05, 0.1) is 0 Å². The number of nitrogens with zero attached hydrogens (tertiary/aromatic N) is 1. The van der Waals surface area contributed by atoms with Crippen molar-refractivity contribution in [1.29, 1.82) is 0 Å². The molecule has 1 aliphatic carbocycles. The number of aromatic nitrogens is 1. The minimum atomic E-state index is -0.146. The molecule has 0 unspecified atom stereocenters. The first-order valence-corrected chi connectivity index (χ1v) is 8.67. The number of rotatable bonds is 3. The number of benzene rings is 1. The Morgan fingerprint density at radius 3 is 2.79 bits per heavy atom. The molecule has 4 heteroatoms. The van der Waals surface area contributed by atoms with Gasteiger partial charge in [0.2, 0.25) is 0 Å². The number of nitrogens with one attached hydrogen (secondary N) is 1. The highest BCUT2D eigenvalue weighted by Crippen LogP contribution is 2.38. The van der Waals surface area contributed by atoms with Crippen molar-refractivity contribution in [2.45, 2.75) is 53.0 Å². The third-order valence-electron chi connectivity index (χ3n) is 4.77. The van der Waals surface area contributed by atoms with E-state index in [4.69, 9.17) is 4.52 Å². The molecule has 1 aromatic heterocycles. The van der Waals surface area contributed by atoms with Gasteiger partial charge in [0, 0.05) is 17.7 Å². The molecule has 24 heavy (non-hydrogen) atoms. The fourth-order valence-corrected chi connectivity index (χ4v) is 4.03. The molecule has 0 radical (unpaired) electrons. The average molecular weight is 326 g/mol. The molecule has 4 nitrogen and oxygen atoms in total. The summed E-state index contributed by atoms with van der Waals surface area (Å²) in [5.41, 5.74) is 2.71. The second-order valence-electron chi connectivity index (χ2n) is 8.03. The van der Waals surface area contributed by atoms with E-state index in [2.05, 4.69) is 31.2 Å². The van der Waals surface area contributed by atoms with Crippen LogP contribution in [-0.4, -0.2) is 17.1 Å². The van der Waals surface area contributed by atoms with Crippen LogP contribution in [0.4, 0.5) is 0 Å². The van der Waals surface area contributed by atoms with Crippen molar-refractivity contribution in [1.82, 2.24) is 10.5 Å². The Morgan fingerprint density at radius 1 is 1.29 bits per heavy atom. The summed E-state index contributed by atoms with van der Waals surface area (Å²) in [6.45, 7) is 8.83. The van der Waals surface area contributed by atoms with Gasteiger partial charge in [0.25, 0.3) is 5.91 Å². The molecule has 0 aliphatic heterocycles. The molecule has 1 aromatic carbocycles. The van der Waals surface area contributed by atoms with Crippen LogP contribution in [0.3, 0.4) is 0 Å². The lowest BCUT2D eigenvalue weighted by Gasteiger charge is -2.39. The van der Waals surface area contributed by atoms with Crippen LogP contribution in [0, 0.1) is 18.3 Å². The number of carbonyl (C=O) groups is 1. The summed E-state index contributed by atoms with van der Waals surface area (Å²) in [4.78, 5) is 12.5. The Kier molecular flexibility index (Phi) is 4.48. The van der Waals surface area contributed by atoms with Gasteiger partial charge in [-0.15, -0.1) is 0 Å². The minimum absolute atomic E-state index is 0.146. The van der Waals surface area contributed by atoms with E-state index >= 15 is 0 Å². The van der Waals surface area contributed by atoms with Crippen LogP contribution in [0.15, 0.2) is 34.9 Å². The lowest BCUT2D eigenvalue weighted by atomic mass is 9.70. The first-order chi connectivity index (χ1) is 11.3. The van der Waals surface area contributed by atoms with Crippen molar-refractivity contribution in [3.8, 4) is 11.3 Å². The van der Waals surface area contributed by atoms with Crippen LogP contribution in [0.25, 0.3) is 11.3 Å². The highest BCUT2D eigenvalue weighted by atomic mass is 16.5. The third kappa shape index (κ3) is 3.86. The lowest BCUT2D eigenvalue weighted by Crippen LogP contribution is -2.43. The van der Waals surface area contributed by atoms with Crippen molar-refractivity contribution in [2.24, 2.45) is 11.3 Å². The fraction of sp³-hybridized carbons (Fsp3) is 0.500. The largest absolute Gasteiger partial charge is 0.355 e. The van der Waals surface area contributed by atoms with Crippen LogP contribution in [0.5, 0.6) is 0 Å². The molecule has 1 N–H and O–H groups in total. The van der Waals surface area contributed by atoms with Crippen molar-refractivity contribution >= 4 is 5.91 Å². The van der Waals surface area contributed by atoms with Gasteiger partial charge in [-0.05, 0) is 43.6 Å². The quantitative estimate of drug-likeness (QED) is 0.897. The van der Waals surface area contributed by atoms with Crippen molar-refractivity contribution < 1.29 is 9.32 Å². The van der Waals surface area contributed by atoms with Crippen molar-refractivity contribution in [2.75, 3.05) is 0 Å². The van der Waals surface area contributed by atoms with Gasteiger partial charge < -0.3 is 9.84 Å². The summed E-state index contributed by atoms with van der Waals surface area (Å²) in [7, 11) is 0. The van der Waals surface area contributed by atoms with Gasteiger partial charge in [-0.3, -0.25) is 4.79 Å². The first kappa shape index (κ1) is 16.7. The van der Waals surface area contributed by atoms with Gasteiger partial charge in [0.15, 0.2) is 11.5 Å². The molecule has 0 spiro atoms. The SMILES string of the molecule is Cc1cccc(-c2cc(C(=O)N[C@@H]3C[C@H](C)CC(C)(C)C3)no2)c1. The van der Waals surface area contributed by atoms with E-state index in [9.17, 15) is 4.79 Å². The van der Waals surface area contributed by atoms with E-state index in [0.717, 1.165) is 24.0 Å². The van der Waals surface area contributed by atoms with Gasteiger partial charge in [-0.25, -0.2) is 0 Å². The number of amides is 1. The molecule has 1 amide bonds. The molecule has 3 rings (SSSR count). The molecule has 1 saturated carbocycles. The Bertz CT molecular complexity index is 733. The highest BCUT2D eigenvalue weighted by Gasteiger charge is 2.33. The summed E-state index contributed by atoms with van der Waals surface area (Å²) < 4.78 is 5.37. The predicted octanol–water partition coefficient (Wildman–Crippen LogP) is 4.59. The second-order valence-corrected chi connectivity index (χ2v) is 8.03. The van der Waals surface area contributed by atoms with E-state index in [1.165, 1.54) is 6.42 Å². The first-order valence-electron chi connectivity index (χ1n) is 8.67. The van der Waals surface area contributed by atoms with Gasteiger partial charge in [0.1, 0.15) is 0 Å². The smallest absolute Gasteiger partial charge is 0.273 e. The minimum Gasteiger partial charge on any atom is -0.355 e. The Labute approximate surface area is 143 Å². The zero-order valence-electron chi connectivity index (χ0n) is 14.9. The lowest BCUT2D eigenvalue weighted by molar-refractivity contribution is 0.0865. The summed E-state index contributed by atoms with van der Waals surface area (Å²) >= 11 is 0. The number of carbonyl (C=O) groups excluding carboxylic acids is 1. The monoisotopic (exact) mass is 326 g/mol. The maximum absolute atomic E-state index is 12.5. The predicted molar refractivity (Wildman–Crippen MR) is 94.7 cm³/mol. The van der Waals surface area contributed by atoms with E-state index in [-0.39, 0.29) is 17.4 Å². The average Bonchev–Trinajstić information content (AvgIpc) is 2.94. The highest BCUT2D eigenvalue weighted by molar-refractivity contribution is 5.93. The van der Waals surface area contributed by atoms with Crippen LogP contribution in [0.2, 0.25) is 0 Å². The molecule has 2 aromatic rings. The zero-order valence-corrected chi connectivity index (χ0v) is 14.9. The van der Waals surface area contributed by atoms with Crippen LogP contribution < -0.4 is 5.32 Å². The molecule has 128 valence electrons. The van der Waals surface area contributed by atoms with E-state index in [0.29, 0.717) is 17.4 Å². The maximum atomic E-state index is 12.5. The molecule has 1 heterocycles. The molecule has 1 fully saturated rings. The summed E-state index contributed by atoms with van der Waals surface area (Å²) in [5.74, 6) is 1.10. The van der Waals surface area contributed by atoms with Crippen molar-refractivity contribution in [3.05, 3.63) is 41.6 Å². The number of hydrogen-bond acceptors (Lipinski definition) is 3. The van der Waals surface area contributed by atoms with E-state index in [1.807, 2.05) is 31.2 Å². The molecule has 0 bridgehead atoms. The van der Waals surface area contributed by atoms with E-state index < -0.39 is 0 Å². The topological polar surface area (TPSA) is 55.1 Å². The molecular formula is C20H26N2O2. The molecular weight excluding hydrogens is 300 g/mol. The fourth-order valence-electron chi connectivity index (χ4n) is 4.03. The Balaban J connectivity index is 1.70. The van der Waals surface area contributed by atoms with Crippen LogP contribution >= 0.6 is 0 Å². The van der Waals surface area contributed by atoms with Crippen LogP contribution in [0.1, 0.15) is 56.1 Å². The molecule has 0 saturated heterocycles. The summed E-state index contributed by atoms with van der Waals surface area (Å²) in [6, 6.07) is 9.91. The van der Waals surface area contributed by atoms with Gasteiger partial charge in [-0.1, -0.05) is 49.7 Å². The normalized spacial score (nSPS) is 23.0. The summed E-state index contributed by atoms with van der Waals surface area (Å²) in [5, 5.41) is 7.09.